The minimum Gasteiger partial charge on any atom is -0.332 e. The number of hydrogen-bond donors (Lipinski definition) is 0. The maximum absolute atomic E-state index is 12.5. The Kier molecular flexibility index (Phi) is 4.33. The molecule has 2 fully saturated rings. The average molecular weight is 342 g/mol. The lowest BCUT2D eigenvalue weighted by atomic mass is 9.96. The fourth-order valence-corrected chi connectivity index (χ4v) is 4.63. The van der Waals surface area contributed by atoms with E-state index < -0.39 is 0 Å². The number of hydrogen-bond acceptors (Lipinski definition) is 5. The topological polar surface area (TPSA) is 49.3 Å². The summed E-state index contributed by atoms with van der Waals surface area (Å²) in [6, 6.07) is 4.90. The Morgan fingerprint density at radius 2 is 2.21 bits per heavy atom. The van der Waals surface area contributed by atoms with Crippen LogP contribution >= 0.6 is 11.3 Å². The number of aromatic nitrogens is 2. The molecular weight excluding hydrogens is 320 g/mol. The Bertz CT molecular complexity index is 717. The van der Waals surface area contributed by atoms with Gasteiger partial charge in [-0.15, -0.1) is 11.3 Å². The molecule has 24 heavy (non-hydrogen) atoms. The Hall–Kier alpha value is -1.79. The number of carbonyl (C=O) groups is 1. The van der Waals surface area contributed by atoms with Crippen LogP contribution in [0.2, 0.25) is 0 Å². The lowest BCUT2D eigenvalue weighted by Crippen LogP contribution is -2.51. The van der Waals surface area contributed by atoms with Gasteiger partial charge in [0.15, 0.2) is 0 Å². The zero-order chi connectivity index (χ0) is 16.5. The van der Waals surface area contributed by atoms with E-state index in [0.717, 1.165) is 36.6 Å². The molecule has 0 aromatic carbocycles. The number of amides is 1. The van der Waals surface area contributed by atoms with Gasteiger partial charge in [0.05, 0.1) is 17.2 Å². The third kappa shape index (κ3) is 3.08. The minimum atomic E-state index is 0.283. The summed E-state index contributed by atoms with van der Waals surface area (Å²) < 4.78 is 0. The molecule has 5 nitrogen and oxygen atoms in total. The molecule has 2 aliphatic rings. The van der Waals surface area contributed by atoms with Gasteiger partial charge in [-0.1, -0.05) is 6.07 Å². The summed E-state index contributed by atoms with van der Waals surface area (Å²) in [5.41, 5.74) is 2.27. The molecule has 0 radical (unpaired) electrons. The molecule has 2 aromatic rings. The van der Waals surface area contributed by atoms with Gasteiger partial charge in [-0.3, -0.25) is 14.7 Å². The number of fused-ring (bicyclic) bond motifs is 1. The predicted molar refractivity (Wildman–Crippen MR) is 93.5 cm³/mol. The van der Waals surface area contributed by atoms with Crippen molar-refractivity contribution in [1.82, 2.24) is 19.8 Å². The third-order valence-corrected chi connectivity index (χ3v) is 5.93. The smallest absolute Gasteiger partial charge is 0.223 e. The number of nitrogens with zero attached hydrogens (tertiary/aromatic N) is 4. The van der Waals surface area contributed by atoms with Gasteiger partial charge < -0.3 is 4.90 Å². The molecule has 1 amide bonds. The van der Waals surface area contributed by atoms with E-state index >= 15 is 0 Å². The largest absolute Gasteiger partial charge is 0.332 e. The van der Waals surface area contributed by atoms with Crippen molar-refractivity contribution in [1.29, 1.82) is 0 Å². The first-order valence-corrected chi connectivity index (χ1v) is 9.42. The summed E-state index contributed by atoms with van der Waals surface area (Å²) in [4.78, 5) is 25.8. The van der Waals surface area contributed by atoms with Crippen molar-refractivity contribution < 1.29 is 4.79 Å². The minimum absolute atomic E-state index is 0.283. The van der Waals surface area contributed by atoms with Gasteiger partial charge in [0.2, 0.25) is 5.91 Å². The van der Waals surface area contributed by atoms with Crippen molar-refractivity contribution in [2.24, 2.45) is 0 Å². The molecule has 126 valence electrons. The highest BCUT2D eigenvalue weighted by Crippen LogP contribution is 2.33. The van der Waals surface area contributed by atoms with Crippen LogP contribution in [0.3, 0.4) is 0 Å². The maximum atomic E-state index is 12.5. The monoisotopic (exact) mass is 342 g/mol. The molecular formula is C18H22N4OS. The van der Waals surface area contributed by atoms with Crippen molar-refractivity contribution in [2.45, 2.75) is 51.4 Å². The zero-order valence-corrected chi connectivity index (χ0v) is 14.7. The van der Waals surface area contributed by atoms with Crippen LogP contribution in [-0.2, 0) is 17.9 Å². The van der Waals surface area contributed by atoms with E-state index in [1.165, 1.54) is 5.56 Å². The van der Waals surface area contributed by atoms with Crippen molar-refractivity contribution >= 4 is 17.2 Å². The second kappa shape index (κ2) is 6.61. The van der Waals surface area contributed by atoms with Gasteiger partial charge in [-0.2, -0.15) is 0 Å². The first kappa shape index (κ1) is 15.7. The molecule has 0 bridgehead atoms. The molecule has 0 unspecified atom stereocenters. The van der Waals surface area contributed by atoms with Crippen LogP contribution in [-0.4, -0.2) is 44.3 Å². The summed E-state index contributed by atoms with van der Waals surface area (Å²) in [5.74, 6) is 0.283. The Morgan fingerprint density at radius 3 is 2.96 bits per heavy atom. The fraction of sp³-hybridized carbons (Fsp3) is 0.500. The van der Waals surface area contributed by atoms with Crippen LogP contribution in [0.4, 0.5) is 0 Å². The number of pyridine rings is 1. The number of carbonyl (C=O) groups excluding carboxylic acids is 1. The van der Waals surface area contributed by atoms with Gasteiger partial charge in [0.1, 0.15) is 0 Å². The fourth-order valence-electron chi connectivity index (χ4n) is 4.02. The van der Waals surface area contributed by atoms with E-state index in [4.69, 9.17) is 0 Å². The van der Waals surface area contributed by atoms with E-state index in [2.05, 4.69) is 31.2 Å². The Balaban J connectivity index is 1.48. The maximum Gasteiger partial charge on any atom is 0.223 e. The second-order valence-electron chi connectivity index (χ2n) is 6.67. The van der Waals surface area contributed by atoms with Crippen LogP contribution in [0.1, 0.15) is 35.5 Å². The van der Waals surface area contributed by atoms with Crippen LogP contribution in [0.25, 0.3) is 0 Å². The highest BCUT2D eigenvalue weighted by Gasteiger charge is 2.42. The number of likely N-dealkylation sites (tertiary alicyclic amines) is 2. The van der Waals surface area contributed by atoms with E-state index in [1.807, 2.05) is 25.4 Å². The lowest BCUT2D eigenvalue weighted by Gasteiger charge is -2.39. The van der Waals surface area contributed by atoms with Crippen LogP contribution in [0, 0.1) is 6.92 Å². The first-order valence-electron chi connectivity index (χ1n) is 8.54. The molecule has 6 heteroatoms. The Morgan fingerprint density at radius 1 is 1.29 bits per heavy atom. The van der Waals surface area contributed by atoms with Crippen molar-refractivity contribution in [2.75, 3.05) is 6.54 Å². The van der Waals surface area contributed by atoms with Gasteiger partial charge in [-0.05, 0) is 31.4 Å². The van der Waals surface area contributed by atoms with Crippen LogP contribution in [0.5, 0.6) is 0 Å². The molecule has 0 spiro atoms. The zero-order valence-electron chi connectivity index (χ0n) is 13.9. The summed E-state index contributed by atoms with van der Waals surface area (Å²) in [7, 11) is 0. The standard InChI is InChI=1S/C18H22N4OS/c1-13-20-15(12-24-13)11-22-17-6-8-21(16(17)4-5-18(22)23)10-14-3-2-7-19-9-14/h2-3,7,9,12,16-17H,4-6,8,10-11H2,1H3/t16-,17-/m1/s1. The van der Waals surface area contributed by atoms with E-state index in [9.17, 15) is 4.79 Å². The molecule has 4 rings (SSSR count). The second-order valence-corrected chi connectivity index (χ2v) is 7.74. The molecule has 2 aliphatic heterocycles. The molecule has 2 atom stereocenters. The number of rotatable bonds is 4. The van der Waals surface area contributed by atoms with Crippen LogP contribution in [0.15, 0.2) is 29.9 Å². The third-order valence-electron chi connectivity index (χ3n) is 5.11. The van der Waals surface area contributed by atoms with E-state index in [-0.39, 0.29) is 5.91 Å². The van der Waals surface area contributed by atoms with Crippen LogP contribution < -0.4 is 0 Å². The average Bonchev–Trinajstić information content (AvgIpc) is 3.18. The van der Waals surface area contributed by atoms with Gasteiger partial charge in [-0.25, -0.2) is 4.98 Å². The molecule has 2 aromatic heterocycles. The molecule has 0 aliphatic carbocycles. The van der Waals surface area contributed by atoms with Crippen molar-refractivity contribution in [3.8, 4) is 0 Å². The number of piperidine rings is 1. The quantitative estimate of drug-likeness (QED) is 0.857. The van der Waals surface area contributed by atoms with Gasteiger partial charge in [0, 0.05) is 49.4 Å². The number of thiazole rings is 1. The molecule has 2 saturated heterocycles. The SMILES string of the molecule is Cc1nc(CN2C(=O)CC[C@@H]3[C@H]2CCN3Cc2cccnc2)cs1. The first-order chi connectivity index (χ1) is 11.7. The summed E-state index contributed by atoms with van der Waals surface area (Å²) in [6.07, 6.45) is 6.42. The van der Waals surface area contributed by atoms with Crippen molar-refractivity contribution in [3.05, 3.63) is 46.2 Å². The molecule has 0 saturated carbocycles. The highest BCUT2D eigenvalue weighted by atomic mass is 32.1. The lowest BCUT2D eigenvalue weighted by molar-refractivity contribution is -0.138. The Labute approximate surface area is 146 Å². The predicted octanol–water partition coefficient (Wildman–Crippen LogP) is 2.61. The molecule has 0 N–H and O–H groups in total. The number of aryl methyl sites for hydroxylation is 1. The summed E-state index contributed by atoms with van der Waals surface area (Å²) in [6.45, 7) is 4.64. The van der Waals surface area contributed by atoms with E-state index in [0.29, 0.717) is 25.0 Å². The summed E-state index contributed by atoms with van der Waals surface area (Å²) >= 11 is 1.66. The normalized spacial score (nSPS) is 24.4. The van der Waals surface area contributed by atoms with E-state index in [1.54, 1.807) is 11.3 Å². The highest BCUT2D eigenvalue weighted by molar-refractivity contribution is 7.09. The van der Waals surface area contributed by atoms with Gasteiger partial charge in [0.25, 0.3) is 0 Å². The molecule has 4 heterocycles. The van der Waals surface area contributed by atoms with Crippen molar-refractivity contribution in [3.63, 3.8) is 0 Å². The van der Waals surface area contributed by atoms with Gasteiger partial charge >= 0.3 is 0 Å². The summed E-state index contributed by atoms with van der Waals surface area (Å²) in [5, 5.41) is 3.14.